The van der Waals surface area contributed by atoms with Gasteiger partial charge in [-0.25, -0.2) is 19.4 Å². The molecule has 0 radical (unpaired) electrons. The molecule has 4 nitrogen and oxygen atoms in total. The standard InChI is InChI=1S/C24H18BrFN4/c1-30(27-16-17-7-13-21(26)14-8-17)24-28-22(18-5-3-2-4-6-18)15-23(29-24)19-9-11-20(25)12-10-19/h2-16H,1H3. The van der Waals surface area contributed by atoms with Gasteiger partial charge >= 0.3 is 0 Å². The van der Waals surface area contributed by atoms with Gasteiger partial charge in [-0.15, -0.1) is 0 Å². The van der Waals surface area contributed by atoms with Crippen LogP contribution in [-0.2, 0) is 0 Å². The minimum absolute atomic E-state index is 0.279. The van der Waals surface area contributed by atoms with E-state index >= 15 is 0 Å². The predicted molar refractivity (Wildman–Crippen MR) is 123 cm³/mol. The van der Waals surface area contributed by atoms with Crippen molar-refractivity contribution >= 4 is 28.1 Å². The van der Waals surface area contributed by atoms with Crippen molar-refractivity contribution in [3.63, 3.8) is 0 Å². The van der Waals surface area contributed by atoms with E-state index in [1.54, 1.807) is 30.4 Å². The van der Waals surface area contributed by atoms with Gasteiger partial charge in [0.25, 0.3) is 0 Å². The maximum atomic E-state index is 13.1. The molecule has 4 aromatic rings. The van der Waals surface area contributed by atoms with Crippen molar-refractivity contribution in [3.05, 3.63) is 101 Å². The number of hydrazone groups is 1. The fourth-order valence-electron chi connectivity index (χ4n) is 2.86. The third-order valence-corrected chi connectivity index (χ3v) is 4.99. The zero-order chi connectivity index (χ0) is 20.9. The molecule has 1 heterocycles. The first-order valence-electron chi connectivity index (χ1n) is 9.32. The summed E-state index contributed by atoms with van der Waals surface area (Å²) in [6, 6.07) is 26.0. The molecule has 148 valence electrons. The Hall–Kier alpha value is -3.38. The highest BCUT2D eigenvalue weighted by atomic mass is 79.9. The average Bonchev–Trinajstić information content (AvgIpc) is 2.79. The van der Waals surface area contributed by atoms with Crippen LogP contribution in [0.5, 0.6) is 0 Å². The van der Waals surface area contributed by atoms with Crippen LogP contribution < -0.4 is 5.01 Å². The largest absolute Gasteiger partial charge is 0.247 e. The lowest BCUT2D eigenvalue weighted by Crippen LogP contribution is -2.13. The number of hydrogen-bond donors (Lipinski definition) is 0. The van der Waals surface area contributed by atoms with Gasteiger partial charge in [0.05, 0.1) is 17.6 Å². The van der Waals surface area contributed by atoms with E-state index in [1.165, 1.54) is 12.1 Å². The lowest BCUT2D eigenvalue weighted by molar-refractivity contribution is 0.628. The minimum Gasteiger partial charge on any atom is -0.235 e. The van der Waals surface area contributed by atoms with Gasteiger partial charge in [0, 0.05) is 22.6 Å². The number of anilines is 1. The monoisotopic (exact) mass is 460 g/mol. The van der Waals surface area contributed by atoms with E-state index in [9.17, 15) is 4.39 Å². The average molecular weight is 461 g/mol. The Bertz CT molecular complexity index is 1160. The molecule has 0 unspecified atom stereocenters. The summed E-state index contributed by atoms with van der Waals surface area (Å²) in [4.78, 5) is 9.42. The molecule has 0 amide bonds. The zero-order valence-electron chi connectivity index (χ0n) is 16.2. The highest BCUT2D eigenvalue weighted by molar-refractivity contribution is 9.10. The molecule has 0 N–H and O–H groups in total. The molecule has 0 aliphatic carbocycles. The Balaban J connectivity index is 1.73. The summed E-state index contributed by atoms with van der Waals surface area (Å²) in [5.74, 6) is 0.186. The van der Waals surface area contributed by atoms with Gasteiger partial charge in [0.15, 0.2) is 0 Å². The summed E-state index contributed by atoms with van der Waals surface area (Å²) in [6.45, 7) is 0. The van der Waals surface area contributed by atoms with Crippen molar-refractivity contribution in [2.45, 2.75) is 0 Å². The Labute approximate surface area is 182 Å². The molecule has 3 aromatic carbocycles. The first-order valence-corrected chi connectivity index (χ1v) is 10.1. The Kier molecular flexibility index (Phi) is 5.95. The van der Waals surface area contributed by atoms with E-state index < -0.39 is 0 Å². The lowest BCUT2D eigenvalue weighted by Gasteiger charge is -2.14. The fraction of sp³-hybridized carbons (Fsp3) is 0.0417. The number of hydrogen-bond acceptors (Lipinski definition) is 4. The Morgan fingerprint density at radius 3 is 2.07 bits per heavy atom. The van der Waals surface area contributed by atoms with Crippen LogP contribution in [0.4, 0.5) is 10.3 Å². The minimum atomic E-state index is -0.279. The fourth-order valence-corrected chi connectivity index (χ4v) is 3.12. The highest BCUT2D eigenvalue weighted by Crippen LogP contribution is 2.27. The first-order chi connectivity index (χ1) is 14.6. The van der Waals surface area contributed by atoms with E-state index in [0.29, 0.717) is 5.95 Å². The van der Waals surface area contributed by atoms with E-state index in [-0.39, 0.29) is 5.82 Å². The van der Waals surface area contributed by atoms with Crippen molar-refractivity contribution in [1.82, 2.24) is 9.97 Å². The van der Waals surface area contributed by atoms with Crippen molar-refractivity contribution in [3.8, 4) is 22.5 Å². The van der Waals surface area contributed by atoms with Gasteiger partial charge in [-0.3, -0.25) is 0 Å². The number of benzene rings is 3. The molecular formula is C24H18BrFN4. The lowest BCUT2D eigenvalue weighted by atomic mass is 10.1. The smallest absolute Gasteiger partial charge is 0.235 e. The molecule has 6 heteroatoms. The maximum Gasteiger partial charge on any atom is 0.247 e. The van der Waals surface area contributed by atoms with Crippen molar-refractivity contribution < 1.29 is 4.39 Å². The highest BCUT2D eigenvalue weighted by Gasteiger charge is 2.11. The summed E-state index contributed by atoms with van der Waals surface area (Å²) in [5.41, 5.74) is 4.37. The third kappa shape index (κ3) is 4.78. The summed E-state index contributed by atoms with van der Waals surface area (Å²) in [5, 5.41) is 6.04. The van der Waals surface area contributed by atoms with Gasteiger partial charge in [-0.05, 0) is 35.9 Å². The van der Waals surface area contributed by atoms with E-state index in [0.717, 1.165) is 32.6 Å². The Morgan fingerprint density at radius 2 is 1.43 bits per heavy atom. The van der Waals surface area contributed by atoms with Gasteiger partial charge in [0.1, 0.15) is 5.82 Å². The topological polar surface area (TPSA) is 41.4 Å². The van der Waals surface area contributed by atoms with Gasteiger partial charge in [0.2, 0.25) is 5.95 Å². The molecule has 0 saturated heterocycles. The van der Waals surface area contributed by atoms with E-state index in [1.807, 2.05) is 60.7 Å². The van der Waals surface area contributed by atoms with Crippen LogP contribution in [0.3, 0.4) is 0 Å². The summed E-state index contributed by atoms with van der Waals surface area (Å²) in [7, 11) is 1.79. The molecule has 30 heavy (non-hydrogen) atoms. The maximum absolute atomic E-state index is 13.1. The van der Waals surface area contributed by atoms with Crippen LogP contribution in [0.15, 0.2) is 94.5 Å². The van der Waals surface area contributed by atoms with Crippen LogP contribution in [-0.4, -0.2) is 23.2 Å². The van der Waals surface area contributed by atoms with Crippen molar-refractivity contribution in [2.75, 3.05) is 12.1 Å². The second kappa shape index (κ2) is 8.97. The van der Waals surface area contributed by atoms with E-state index in [4.69, 9.17) is 9.97 Å². The molecule has 0 fully saturated rings. The molecule has 1 aromatic heterocycles. The molecule has 0 aliphatic heterocycles. The van der Waals surface area contributed by atoms with Gasteiger partial charge in [-0.1, -0.05) is 70.5 Å². The molecule has 0 atom stereocenters. The molecule has 0 bridgehead atoms. The third-order valence-electron chi connectivity index (χ3n) is 4.46. The molecule has 4 rings (SSSR count). The second-order valence-electron chi connectivity index (χ2n) is 6.63. The SMILES string of the molecule is CN(N=Cc1ccc(F)cc1)c1nc(-c2ccccc2)cc(-c2ccc(Br)cc2)n1. The molecule has 0 saturated carbocycles. The van der Waals surface area contributed by atoms with Crippen LogP contribution in [0.2, 0.25) is 0 Å². The number of nitrogens with zero attached hydrogens (tertiary/aromatic N) is 4. The van der Waals surface area contributed by atoms with Gasteiger partial charge < -0.3 is 0 Å². The number of aromatic nitrogens is 2. The van der Waals surface area contributed by atoms with E-state index in [2.05, 4.69) is 21.0 Å². The number of halogens is 2. The predicted octanol–water partition coefficient (Wildman–Crippen LogP) is 6.18. The van der Waals surface area contributed by atoms with Crippen LogP contribution in [0, 0.1) is 5.82 Å². The summed E-state index contributed by atoms with van der Waals surface area (Å²) < 4.78 is 14.1. The summed E-state index contributed by atoms with van der Waals surface area (Å²) in [6.07, 6.45) is 1.65. The van der Waals surface area contributed by atoms with Crippen LogP contribution >= 0.6 is 15.9 Å². The van der Waals surface area contributed by atoms with Crippen LogP contribution in [0.25, 0.3) is 22.5 Å². The normalized spacial score (nSPS) is 11.0. The molecular weight excluding hydrogens is 443 g/mol. The zero-order valence-corrected chi connectivity index (χ0v) is 17.8. The van der Waals surface area contributed by atoms with Crippen molar-refractivity contribution in [1.29, 1.82) is 0 Å². The van der Waals surface area contributed by atoms with Crippen molar-refractivity contribution in [2.24, 2.45) is 5.10 Å². The quantitative estimate of drug-likeness (QED) is 0.263. The summed E-state index contributed by atoms with van der Waals surface area (Å²) >= 11 is 3.47. The van der Waals surface area contributed by atoms with Crippen LogP contribution in [0.1, 0.15) is 5.56 Å². The first kappa shape index (κ1) is 19.9. The molecule has 0 aliphatic rings. The molecule has 0 spiro atoms. The number of rotatable bonds is 5. The van der Waals surface area contributed by atoms with Gasteiger partial charge in [-0.2, -0.15) is 5.10 Å². The second-order valence-corrected chi connectivity index (χ2v) is 7.55. The Morgan fingerprint density at radius 1 is 0.833 bits per heavy atom.